The second kappa shape index (κ2) is 13.5. The van der Waals surface area contributed by atoms with E-state index in [-0.39, 0.29) is 12.5 Å². The third-order valence-electron chi connectivity index (χ3n) is 3.57. The zero-order valence-corrected chi connectivity index (χ0v) is 14.0. The number of unbranched alkanes of at least 4 members (excludes halogenated alkanes) is 8. The van der Waals surface area contributed by atoms with Crippen LogP contribution in [0.2, 0.25) is 0 Å². The second-order valence-electron chi connectivity index (χ2n) is 5.57. The fourth-order valence-corrected chi connectivity index (χ4v) is 2.23. The minimum absolute atomic E-state index is 0.194. The molecule has 0 unspecified atom stereocenters. The molecule has 0 rings (SSSR count). The number of hydrogen-bond acceptors (Lipinski definition) is 4. The highest BCUT2D eigenvalue weighted by atomic mass is 16.5. The van der Waals surface area contributed by atoms with Gasteiger partial charge in [0.1, 0.15) is 0 Å². The first kappa shape index (κ1) is 20.9. The lowest BCUT2D eigenvalue weighted by atomic mass is 10.1. The van der Waals surface area contributed by atoms with Crippen LogP contribution in [-0.2, 0) is 9.59 Å². The van der Waals surface area contributed by atoms with Gasteiger partial charge in [0.2, 0.25) is 12.2 Å². The maximum absolute atomic E-state index is 11.7. The molecule has 3 N–H and O–H groups in total. The number of amides is 2. The van der Waals surface area contributed by atoms with Crippen LogP contribution in [0.15, 0.2) is 0 Å². The van der Waals surface area contributed by atoms with Gasteiger partial charge < -0.3 is 10.2 Å². The van der Waals surface area contributed by atoms with Crippen LogP contribution in [0.5, 0.6) is 0 Å². The molecule has 0 bridgehead atoms. The summed E-state index contributed by atoms with van der Waals surface area (Å²) in [5.74, 6) is -1.18. The molecule has 0 aliphatic carbocycles. The van der Waals surface area contributed by atoms with Crippen LogP contribution in [0.1, 0.15) is 78.1 Å². The molecule has 0 radical (unpaired) electrons. The number of aliphatic hydroxyl groups is 2. The lowest BCUT2D eigenvalue weighted by Crippen LogP contribution is -2.50. The predicted octanol–water partition coefficient (Wildman–Crippen LogP) is 2.10. The molecule has 0 aromatic carbocycles. The van der Waals surface area contributed by atoms with Crippen LogP contribution in [0.4, 0.5) is 0 Å². The molecule has 0 aliphatic rings. The van der Waals surface area contributed by atoms with E-state index in [0.717, 1.165) is 24.3 Å². The van der Waals surface area contributed by atoms with E-state index in [4.69, 9.17) is 10.2 Å². The van der Waals surface area contributed by atoms with Gasteiger partial charge in [-0.1, -0.05) is 58.3 Å². The van der Waals surface area contributed by atoms with Crippen molar-refractivity contribution in [1.82, 2.24) is 10.4 Å². The fourth-order valence-electron chi connectivity index (χ4n) is 2.23. The third kappa shape index (κ3) is 10.6. The highest BCUT2D eigenvalue weighted by molar-refractivity contribution is 5.83. The van der Waals surface area contributed by atoms with Crippen LogP contribution < -0.4 is 5.43 Å². The molecule has 130 valence electrons. The number of carbonyl (C=O) groups is 2. The summed E-state index contributed by atoms with van der Waals surface area (Å²) in [6.07, 6.45) is 8.84. The van der Waals surface area contributed by atoms with Crippen molar-refractivity contribution in [3.8, 4) is 0 Å². The van der Waals surface area contributed by atoms with Gasteiger partial charge in [0.05, 0.1) is 0 Å². The van der Waals surface area contributed by atoms with Crippen molar-refractivity contribution in [1.29, 1.82) is 0 Å². The van der Waals surface area contributed by atoms with E-state index in [1.165, 1.54) is 38.5 Å². The zero-order valence-electron chi connectivity index (χ0n) is 14.0. The van der Waals surface area contributed by atoms with Crippen molar-refractivity contribution in [2.45, 2.75) is 84.3 Å². The summed E-state index contributed by atoms with van der Waals surface area (Å²) in [6, 6.07) is 0. The van der Waals surface area contributed by atoms with Gasteiger partial charge in [-0.2, -0.15) is 0 Å². The minimum Gasteiger partial charge on any atom is -0.361 e. The second-order valence-corrected chi connectivity index (χ2v) is 5.57. The van der Waals surface area contributed by atoms with E-state index in [0.29, 0.717) is 6.42 Å². The van der Waals surface area contributed by atoms with Crippen LogP contribution in [0.25, 0.3) is 0 Å². The summed E-state index contributed by atoms with van der Waals surface area (Å²) < 4.78 is 0. The highest BCUT2D eigenvalue weighted by Crippen LogP contribution is 2.10. The summed E-state index contributed by atoms with van der Waals surface area (Å²) in [6.45, 7) is 4.05. The van der Waals surface area contributed by atoms with Gasteiger partial charge in [0.15, 0.2) is 0 Å². The molecule has 0 spiro atoms. The summed E-state index contributed by atoms with van der Waals surface area (Å²) >= 11 is 0. The molecule has 6 heteroatoms. The Morgan fingerprint density at radius 3 is 1.86 bits per heavy atom. The molecule has 0 heterocycles. The van der Waals surface area contributed by atoms with E-state index >= 15 is 0 Å². The molecule has 0 saturated carbocycles. The van der Waals surface area contributed by atoms with Gasteiger partial charge in [0.25, 0.3) is 5.91 Å². The summed E-state index contributed by atoms with van der Waals surface area (Å²) in [5.41, 5.74) is 2.40. The molecular weight excluding hydrogens is 284 g/mol. The van der Waals surface area contributed by atoms with Crippen LogP contribution in [-0.4, -0.2) is 39.9 Å². The number of nitrogens with zero attached hydrogens (tertiary/aromatic N) is 1. The van der Waals surface area contributed by atoms with Crippen molar-refractivity contribution in [2.24, 2.45) is 0 Å². The molecule has 0 saturated heterocycles. The van der Waals surface area contributed by atoms with Crippen molar-refractivity contribution in [3.05, 3.63) is 0 Å². The van der Waals surface area contributed by atoms with E-state index in [2.05, 4.69) is 12.3 Å². The number of nitrogens with one attached hydrogen (secondary N) is 1. The number of likely N-dealkylation sites (N-methyl/N-ethyl adjacent to an activating group) is 1. The molecule has 2 amide bonds. The van der Waals surface area contributed by atoms with E-state index in [9.17, 15) is 9.59 Å². The normalized spacial score (nSPS) is 10.8. The number of aliphatic hydroxyl groups excluding tert-OH is 1. The van der Waals surface area contributed by atoms with Gasteiger partial charge in [-0.3, -0.25) is 15.0 Å². The average molecular weight is 316 g/mol. The quantitative estimate of drug-likeness (QED) is 0.292. The molecule has 0 aliphatic heterocycles. The highest BCUT2D eigenvalue weighted by Gasteiger charge is 2.20. The average Bonchev–Trinajstić information content (AvgIpc) is 2.50. The Balaban J connectivity index is 3.62. The molecule has 0 aromatic rings. The zero-order chi connectivity index (χ0) is 16.8. The number of carbonyl (C=O) groups excluding carboxylic acids is 2. The Hall–Kier alpha value is -1.14. The molecular formula is C16H32N2O4. The molecule has 0 aromatic heterocycles. The smallest absolute Gasteiger partial charge is 0.297 e. The lowest BCUT2D eigenvalue weighted by Gasteiger charge is -2.22. The van der Waals surface area contributed by atoms with Gasteiger partial charge >= 0.3 is 0 Å². The van der Waals surface area contributed by atoms with E-state index in [1.807, 2.05) is 0 Å². The first-order valence-electron chi connectivity index (χ1n) is 8.49. The fraction of sp³-hybridized carbons (Fsp3) is 0.875. The lowest BCUT2D eigenvalue weighted by molar-refractivity contribution is -0.164. The Morgan fingerprint density at radius 1 is 0.909 bits per heavy atom. The molecule has 22 heavy (non-hydrogen) atoms. The molecule has 0 fully saturated rings. The molecule has 0 atom stereocenters. The Morgan fingerprint density at radius 2 is 1.41 bits per heavy atom. The first-order valence-corrected chi connectivity index (χ1v) is 8.49. The predicted molar refractivity (Wildman–Crippen MR) is 85.6 cm³/mol. The number of rotatable bonds is 12. The van der Waals surface area contributed by atoms with Crippen LogP contribution in [0, 0.1) is 0 Å². The van der Waals surface area contributed by atoms with Gasteiger partial charge in [-0.25, -0.2) is 5.01 Å². The van der Waals surface area contributed by atoms with Gasteiger partial charge in [-0.15, -0.1) is 0 Å². The van der Waals surface area contributed by atoms with Gasteiger partial charge in [-0.05, 0) is 13.3 Å². The minimum atomic E-state index is -2.09. The third-order valence-corrected chi connectivity index (χ3v) is 3.57. The maximum atomic E-state index is 11.7. The SMILES string of the molecule is CCCCCCCCCCCC(=O)NN(CC)C(=O)C(O)O. The maximum Gasteiger partial charge on any atom is 0.297 e. The van der Waals surface area contributed by atoms with Crippen molar-refractivity contribution in [2.75, 3.05) is 6.54 Å². The van der Waals surface area contributed by atoms with Crippen LogP contribution >= 0.6 is 0 Å². The summed E-state index contributed by atoms with van der Waals surface area (Å²) in [7, 11) is 0. The topological polar surface area (TPSA) is 89.9 Å². The number of hydrazine groups is 1. The summed E-state index contributed by atoms with van der Waals surface area (Å²) in [4.78, 5) is 23.0. The Labute approximate surface area is 133 Å². The number of hydrogen-bond donors (Lipinski definition) is 3. The standard InChI is InChI=1S/C16H32N2O4/c1-3-5-6-7-8-9-10-11-12-13-14(19)17-18(4-2)15(20)16(21)22/h16,21-22H,3-13H2,1-2H3,(H,17,19). The molecule has 6 nitrogen and oxygen atoms in total. The summed E-state index contributed by atoms with van der Waals surface area (Å²) in [5, 5.41) is 18.5. The Bertz CT molecular complexity index is 309. The van der Waals surface area contributed by atoms with Crippen LogP contribution in [0.3, 0.4) is 0 Å². The van der Waals surface area contributed by atoms with E-state index in [1.54, 1.807) is 6.92 Å². The van der Waals surface area contributed by atoms with Crippen molar-refractivity contribution >= 4 is 11.8 Å². The Kier molecular flexibility index (Phi) is 12.8. The van der Waals surface area contributed by atoms with Crippen molar-refractivity contribution in [3.63, 3.8) is 0 Å². The van der Waals surface area contributed by atoms with Crippen molar-refractivity contribution < 1.29 is 19.8 Å². The first-order chi connectivity index (χ1) is 10.5. The largest absolute Gasteiger partial charge is 0.361 e. The monoisotopic (exact) mass is 316 g/mol. The van der Waals surface area contributed by atoms with Gasteiger partial charge in [0, 0.05) is 13.0 Å². The van der Waals surface area contributed by atoms with E-state index < -0.39 is 12.2 Å².